The van der Waals surface area contributed by atoms with Crippen molar-refractivity contribution < 1.29 is 4.74 Å². The van der Waals surface area contributed by atoms with Gasteiger partial charge in [-0.25, -0.2) is 0 Å². The van der Waals surface area contributed by atoms with Gasteiger partial charge in [0, 0.05) is 19.2 Å². The topological polar surface area (TPSA) is 12.5 Å². The fourth-order valence-electron chi connectivity index (χ4n) is 1.56. The van der Waals surface area contributed by atoms with Gasteiger partial charge in [0.1, 0.15) is 0 Å². The van der Waals surface area contributed by atoms with Gasteiger partial charge in [-0.05, 0) is 20.3 Å². The largest absolute Gasteiger partial charge is 0.379 e. The molecule has 12 heavy (non-hydrogen) atoms. The van der Waals surface area contributed by atoms with E-state index in [-0.39, 0.29) is 6.04 Å². The summed E-state index contributed by atoms with van der Waals surface area (Å²) in [6, 6.07) is 0.695. The minimum atomic E-state index is 0.174. The SMILES string of the molecule is C#CC1COCCCN1C(C)C. The summed E-state index contributed by atoms with van der Waals surface area (Å²) in [7, 11) is 0. The van der Waals surface area contributed by atoms with Crippen molar-refractivity contribution in [3.8, 4) is 12.3 Å². The van der Waals surface area contributed by atoms with Crippen LogP contribution >= 0.6 is 0 Å². The van der Waals surface area contributed by atoms with Crippen molar-refractivity contribution in [2.24, 2.45) is 0 Å². The van der Waals surface area contributed by atoms with E-state index < -0.39 is 0 Å². The van der Waals surface area contributed by atoms with Crippen LogP contribution in [0.2, 0.25) is 0 Å². The standard InChI is InChI=1S/C10H17NO/c1-4-10-8-12-7-5-6-11(10)9(2)3/h1,9-10H,5-8H2,2-3H3. The number of hydrogen-bond donors (Lipinski definition) is 0. The zero-order chi connectivity index (χ0) is 8.97. The molecule has 1 fully saturated rings. The van der Waals surface area contributed by atoms with Crippen molar-refractivity contribution in [2.45, 2.75) is 32.4 Å². The van der Waals surface area contributed by atoms with Gasteiger partial charge in [-0.3, -0.25) is 4.90 Å². The van der Waals surface area contributed by atoms with Crippen molar-refractivity contribution >= 4 is 0 Å². The summed E-state index contributed by atoms with van der Waals surface area (Å²) in [6.45, 7) is 6.95. The quantitative estimate of drug-likeness (QED) is 0.543. The third-order valence-corrected chi connectivity index (χ3v) is 2.24. The summed E-state index contributed by atoms with van der Waals surface area (Å²) in [5.41, 5.74) is 0. The van der Waals surface area contributed by atoms with Crippen LogP contribution in [0.4, 0.5) is 0 Å². The molecular weight excluding hydrogens is 150 g/mol. The van der Waals surface area contributed by atoms with Crippen LogP contribution in [-0.2, 0) is 4.74 Å². The van der Waals surface area contributed by atoms with Gasteiger partial charge in [-0.15, -0.1) is 6.42 Å². The molecule has 1 atom stereocenters. The molecule has 0 aromatic heterocycles. The molecule has 0 aromatic carbocycles. The smallest absolute Gasteiger partial charge is 0.0951 e. The van der Waals surface area contributed by atoms with E-state index in [1.54, 1.807) is 0 Å². The lowest BCUT2D eigenvalue weighted by atomic mass is 10.2. The van der Waals surface area contributed by atoms with Crippen LogP contribution in [0, 0.1) is 12.3 Å². The summed E-state index contributed by atoms with van der Waals surface area (Å²) in [6.07, 6.45) is 6.52. The Labute approximate surface area is 74.9 Å². The molecule has 2 heteroatoms. The molecule has 0 saturated carbocycles. The van der Waals surface area contributed by atoms with Crippen molar-refractivity contribution in [3.05, 3.63) is 0 Å². The zero-order valence-corrected chi connectivity index (χ0v) is 7.92. The lowest BCUT2D eigenvalue weighted by molar-refractivity contribution is 0.112. The Bertz CT molecular complexity index is 171. The molecule has 1 heterocycles. The van der Waals surface area contributed by atoms with Gasteiger partial charge in [0.05, 0.1) is 12.6 Å². The van der Waals surface area contributed by atoms with E-state index in [0.717, 1.165) is 19.6 Å². The second-order valence-corrected chi connectivity index (χ2v) is 3.44. The Morgan fingerprint density at radius 3 is 2.92 bits per heavy atom. The van der Waals surface area contributed by atoms with Gasteiger partial charge in [0.15, 0.2) is 0 Å². The molecule has 68 valence electrons. The highest BCUT2D eigenvalue weighted by Crippen LogP contribution is 2.10. The van der Waals surface area contributed by atoms with E-state index in [4.69, 9.17) is 11.2 Å². The maximum atomic E-state index is 5.43. The number of terminal acetylenes is 1. The molecule has 0 bridgehead atoms. The highest BCUT2D eigenvalue weighted by Gasteiger charge is 2.21. The second kappa shape index (κ2) is 4.49. The number of ether oxygens (including phenoxy) is 1. The average Bonchev–Trinajstić information content (AvgIpc) is 2.27. The lowest BCUT2D eigenvalue weighted by Crippen LogP contribution is -2.41. The molecule has 1 saturated heterocycles. The van der Waals surface area contributed by atoms with E-state index in [9.17, 15) is 0 Å². The average molecular weight is 167 g/mol. The van der Waals surface area contributed by atoms with Crippen molar-refractivity contribution in [1.82, 2.24) is 4.90 Å². The Morgan fingerprint density at radius 2 is 2.33 bits per heavy atom. The summed E-state index contributed by atoms with van der Waals surface area (Å²) >= 11 is 0. The Kier molecular flexibility index (Phi) is 3.58. The van der Waals surface area contributed by atoms with Crippen LogP contribution in [-0.4, -0.2) is 36.7 Å². The van der Waals surface area contributed by atoms with Gasteiger partial charge < -0.3 is 4.74 Å². The minimum absolute atomic E-state index is 0.174. The van der Waals surface area contributed by atoms with Crippen molar-refractivity contribution in [2.75, 3.05) is 19.8 Å². The van der Waals surface area contributed by atoms with Gasteiger partial charge in [0.2, 0.25) is 0 Å². The maximum absolute atomic E-state index is 5.43. The Hall–Kier alpha value is -0.520. The molecule has 1 aliphatic rings. The third-order valence-electron chi connectivity index (χ3n) is 2.24. The molecule has 2 nitrogen and oxygen atoms in total. The molecule has 1 aliphatic heterocycles. The van der Waals surface area contributed by atoms with Crippen LogP contribution in [0.3, 0.4) is 0 Å². The predicted molar refractivity (Wildman–Crippen MR) is 49.9 cm³/mol. The van der Waals surface area contributed by atoms with E-state index in [1.165, 1.54) is 0 Å². The molecular formula is C10H17NO. The molecule has 0 aromatic rings. The molecule has 0 radical (unpaired) electrons. The minimum Gasteiger partial charge on any atom is -0.379 e. The summed E-state index contributed by atoms with van der Waals surface area (Å²) < 4.78 is 5.39. The predicted octanol–water partition coefficient (Wildman–Crippen LogP) is 1.12. The fourth-order valence-corrected chi connectivity index (χ4v) is 1.56. The molecule has 1 rings (SSSR count). The highest BCUT2D eigenvalue weighted by atomic mass is 16.5. The number of nitrogens with zero attached hydrogens (tertiary/aromatic N) is 1. The van der Waals surface area contributed by atoms with Crippen LogP contribution < -0.4 is 0 Å². The molecule has 1 unspecified atom stereocenters. The molecule has 0 aliphatic carbocycles. The number of hydrogen-bond acceptors (Lipinski definition) is 2. The Morgan fingerprint density at radius 1 is 1.58 bits per heavy atom. The monoisotopic (exact) mass is 167 g/mol. The highest BCUT2D eigenvalue weighted by molar-refractivity contribution is 5.01. The van der Waals surface area contributed by atoms with E-state index in [1.807, 2.05) is 0 Å². The summed E-state index contributed by atoms with van der Waals surface area (Å²) in [5.74, 6) is 2.78. The van der Waals surface area contributed by atoms with Crippen molar-refractivity contribution in [3.63, 3.8) is 0 Å². The Balaban J connectivity index is 2.59. The van der Waals surface area contributed by atoms with E-state index in [2.05, 4.69) is 24.7 Å². The number of rotatable bonds is 1. The van der Waals surface area contributed by atoms with Crippen LogP contribution in [0.5, 0.6) is 0 Å². The fraction of sp³-hybridized carbons (Fsp3) is 0.800. The first-order valence-electron chi connectivity index (χ1n) is 4.55. The third kappa shape index (κ3) is 2.23. The maximum Gasteiger partial charge on any atom is 0.0951 e. The van der Waals surface area contributed by atoms with Crippen LogP contribution in [0.15, 0.2) is 0 Å². The summed E-state index contributed by atoms with van der Waals surface area (Å²) in [4.78, 5) is 2.33. The van der Waals surface area contributed by atoms with Gasteiger partial charge >= 0.3 is 0 Å². The first kappa shape index (κ1) is 9.57. The zero-order valence-electron chi connectivity index (χ0n) is 7.92. The lowest BCUT2D eigenvalue weighted by Gasteiger charge is -2.28. The van der Waals surface area contributed by atoms with Gasteiger partial charge in [-0.1, -0.05) is 5.92 Å². The molecule has 0 N–H and O–H groups in total. The van der Waals surface area contributed by atoms with Gasteiger partial charge in [0.25, 0.3) is 0 Å². The van der Waals surface area contributed by atoms with Crippen LogP contribution in [0.1, 0.15) is 20.3 Å². The summed E-state index contributed by atoms with van der Waals surface area (Å²) in [5, 5.41) is 0. The second-order valence-electron chi connectivity index (χ2n) is 3.44. The normalized spacial score (nSPS) is 26.7. The first-order chi connectivity index (χ1) is 5.75. The van der Waals surface area contributed by atoms with E-state index >= 15 is 0 Å². The first-order valence-corrected chi connectivity index (χ1v) is 4.55. The van der Waals surface area contributed by atoms with Crippen LogP contribution in [0.25, 0.3) is 0 Å². The molecule has 0 spiro atoms. The molecule has 0 amide bonds. The van der Waals surface area contributed by atoms with Gasteiger partial charge in [-0.2, -0.15) is 0 Å². The van der Waals surface area contributed by atoms with E-state index in [0.29, 0.717) is 12.6 Å². The van der Waals surface area contributed by atoms with Crippen molar-refractivity contribution in [1.29, 1.82) is 0 Å².